The van der Waals surface area contributed by atoms with Gasteiger partial charge in [-0.2, -0.15) is 0 Å². The van der Waals surface area contributed by atoms with Crippen LogP contribution in [0.3, 0.4) is 0 Å². The van der Waals surface area contributed by atoms with Gasteiger partial charge in [-0.25, -0.2) is 0 Å². The van der Waals surface area contributed by atoms with E-state index in [0.29, 0.717) is 53.2 Å². The summed E-state index contributed by atoms with van der Waals surface area (Å²) in [6, 6.07) is 11.9. The summed E-state index contributed by atoms with van der Waals surface area (Å²) in [5.41, 5.74) is 1.88. The molecular weight excluding hydrogens is 387 g/mol. The van der Waals surface area contributed by atoms with Gasteiger partial charge in [-0.15, -0.1) is 0 Å². The fraction of sp³-hybridized carbons (Fsp3) is 0.200. The molecule has 0 saturated carbocycles. The van der Waals surface area contributed by atoms with Crippen LogP contribution < -0.4 is 5.32 Å². The third-order valence-electron chi connectivity index (χ3n) is 4.07. The Morgan fingerprint density at radius 2 is 1.74 bits per heavy atom. The normalized spacial score (nSPS) is 14.4. The highest BCUT2D eigenvalue weighted by Crippen LogP contribution is 2.22. The van der Waals surface area contributed by atoms with Crippen LogP contribution in [0.15, 0.2) is 48.5 Å². The van der Waals surface area contributed by atoms with Crippen molar-refractivity contribution in [2.24, 2.45) is 0 Å². The predicted molar refractivity (Wildman–Crippen MR) is 107 cm³/mol. The zero-order valence-electron chi connectivity index (χ0n) is 14.5. The van der Waals surface area contributed by atoms with Crippen LogP contribution in [0.1, 0.15) is 15.9 Å². The summed E-state index contributed by atoms with van der Waals surface area (Å²) in [7, 11) is 0. The Balaban J connectivity index is 1.59. The second kappa shape index (κ2) is 9.04. The van der Waals surface area contributed by atoms with E-state index in [1.165, 1.54) is 6.08 Å². The highest BCUT2D eigenvalue weighted by molar-refractivity contribution is 6.35. The first-order valence-corrected chi connectivity index (χ1v) is 9.20. The van der Waals surface area contributed by atoms with Gasteiger partial charge in [0.15, 0.2) is 0 Å². The SMILES string of the molecule is O=C(C=Cc1ccc(Cl)cc1Cl)Nc1ccc(C(=O)N2CCOCC2)cc1. The van der Waals surface area contributed by atoms with E-state index in [2.05, 4.69) is 5.32 Å². The number of hydrogen-bond donors (Lipinski definition) is 1. The molecule has 0 unspecified atom stereocenters. The minimum atomic E-state index is -0.298. The number of benzene rings is 2. The van der Waals surface area contributed by atoms with E-state index in [1.54, 1.807) is 53.4 Å². The maximum absolute atomic E-state index is 12.4. The van der Waals surface area contributed by atoms with Crippen LogP contribution in [0.4, 0.5) is 5.69 Å². The second-order valence-corrected chi connectivity index (χ2v) is 6.81. The number of carbonyl (C=O) groups excluding carboxylic acids is 2. The first-order valence-electron chi connectivity index (χ1n) is 8.44. The standard InChI is InChI=1S/C20H18Cl2N2O3/c21-16-5-1-14(18(22)13-16)4-8-19(25)23-17-6-2-15(3-7-17)20(26)24-9-11-27-12-10-24/h1-8,13H,9-12H2,(H,23,25). The average molecular weight is 405 g/mol. The molecule has 2 amide bonds. The molecule has 0 radical (unpaired) electrons. The van der Waals surface area contributed by atoms with Crippen LogP contribution in [-0.2, 0) is 9.53 Å². The lowest BCUT2D eigenvalue weighted by Crippen LogP contribution is -2.40. The molecule has 1 fully saturated rings. The van der Waals surface area contributed by atoms with E-state index in [9.17, 15) is 9.59 Å². The maximum Gasteiger partial charge on any atom is 0.254 e. The van der Waals surface area contributed by atoms with Gasteiger partial charge >= 0.3 is 0 Å². The van der Waals surface area contributed by atoms with Crippen molar-refractivity contribution >= 4 is 46.8 Å². The Kier molecular flexibility index (Phi) is 6.50. The van der Waals surface area contributed by atoms with Crippen LogP contribution in [0, 0.1) is 0 Å². The number of ether oxygens (including phenoxy) is 1. The van der Waals surface area contributed by atoms with E-state index in [-0.39, 0.29) is 11.8 Å². The van der Waals surface area contributed by atoms with E-state index in [1.807, 2.05) is 0 Å². The molecule has 1 aliphatic heterocycles. The lowest BCUT2D eigenvalue weighted by molar-refractivity contribution is -0.111. The third-order valence-corrected chi connectivity index (χ3v) is 4.64. The number of amides is 2. The quantitative estimate of drug-likeness (QED) is 0.779. The van der Waals surface area contributed by atoms with Gasteiger partial charge in [0.1, 0.15) is 0 Å². The van der Waals surface area contributed by atoms with Gasteiger partial charge < -0.3 is 15.0 Å². The van der Waals surface area contributed by atoms with Crippen molar-refractivity contribution in [2.45, 2.75) is 0 Å². The molecule has 1 N–H and O–H groups in total. The number of nitrogens with zero attached hydrogens (tertiary/aromatic N) is 1. The van der Waals surface area contributed by atoms with Gasteiger partial charge in [-0.1, -0.05) is 29.3 Å². The molecule has 140 valence electrons. The number of rotatable bonds is 4. The van der Waals surface area contributed by atoms with Gasteiger partial charge in [0.05, 0.1) is 13.2 Å². The average Bonchev–Trinajstić information content (AvgIpc) is 2.68. The summed E-state index contributed by atoms with van der Waals surface area (Å²) in [4.78, 5) is 26.2. The number of halogens is 2. The van der Waals surface area contributed by atoms with E-state index >= 15 is 0 Å². The Morgan fingerprint density at radius 3 is 2.41 bits per heavy atom. The van der Waals surface area contributed by atoms with Gasteiger partial charge in [0, 0.05) is 40.5 Å². The summed E-state index contributed by atoms with van der Waals surface area (Å²) < 4.78 is 5.25. The number of carbonyl (C=O) groups is 2. The molecule has 3 rings (SSSR count). The highest BCUT2D eigenvalue weighted by Gasteiger charge is 2.18. The molecule has 0 bridgehead atoms. The molecular formula is C20H18Cl2N2O3. The molecule has 0 spiro atoms. The lowest BCUT2D eigenvalue weighted by atomic mass is 10.1. The number of anilines is 1. The van der Waals surface area contributed by atoms with Crippen molar-refractivity contribution in [2.75, 3.05) is 31.6 Å². The van der Waals surface area contributed by atoms with E-state index in [0.717, 1.165) is 0 Å². The zero-order valence-corrected chi connectivity index (χ0v) is 16.0. The van der Waals surface area contributed by atoms with Gasteiger partial charge in [-0.3, -0.25) is 9.59 Å². The van der Waals surface area contributed by atoms with Crippen molar-refractivity contribution in [1.82, 2.24) is 4.90 Å². The number of morpholine rings is 1. The van der Waals surface area contributed by atoms with Crippen LogP contribution >= 0.6 is 23.2 Å². The van der Waals surface area contributed by atoms with Crippen molar-refractivity contribution in [3.63, 3.8) is 0 Å². The van der Waals surface area contributed by atoms with Crippen molar-refractivity contribution in [3.8, 4) is 0 Å². The van der Waals surface area contributed by atoms with Crippen LogP contribution in [0.2, 0.25) is 10.0 Å². The summed E-state index contributed by atoms with van der Waals surface area (Å²) in [6.07, 6.45) is 3.01. The van der Waals surface area contributed by atoms with Crippen LogP contribution in [-0.4, -0.2) is 43.0 Å². The topological polar surface area (TPSA) is 58.6 Å². The Bertz CT molecular complexity index is 860. The molecule has 0 atom stereocenters. The Labute approximate surface area is 167 Å². The molecule has 2 aromatic rings. The van der Waals surface area contributed by atoms with Crippen LogP contribution in [0.5, 0.6) is 0 Å². The van der Waals surface area contributed by atoms with Gasteiger partial charge in [-0.05, 0) is 48.0 Å². The minimum Gasteiger partial charge on any atom is -0.378 e. The summed E-state index contributed by atoms with van der Waals surface area (Å²) in [6.45, 7) is 2.30. The largest absolute Gasteiger partial charge is 0.378 e. The fourth-order valence-corrected chi connectivity index (χ4v) is 3.10. The summed E-state index contributed by atoms with van der Waals surface area (Å²) in [5.74, 6) is -0.332. The molecule has 27 heavy (non-hydrogen) atoms. The third kappa shape index (κ3) is 5.32. The molecule has 7 heteroatoms. The molecule has 1 aliphatic rings. The van der Waals surface area contributed by atoms with E-state index in [4.69, 9.17) is 27.9 Å². The Hall–Kier alpha value is -2.34. The molecule has 5 nitrogen and oxygen atoms in total. The van der Waals surface area contributed by atoms with E-state index < -0.39 is 0 Å². The van der Waals surface area contributed by atoms with Gasteiger partial charge in [0.2, 0.25) is 5.91 Å². The predicted octanol–water partition coefficient (Wildman–Crippen LogP) is 4.12. The van der Waals surface area contributed by atoms with Crippen molar-refractivity contribution in [1.29, 1.82) is 0 Å². The second-order valence-electron chi connectivity index (χ2n) is 5.97. The van der Waals surface area contributed by atoms with Crippen molar-refractivity contribution < 1.29 is 14.3 Å². The molecule has 0 aromatic heterocycles. The summed E-state index contributed by atoms with van der Waals surface area (Å²) in [5, 5.41) is 3.75. The van der Waals surface area contributed by atoms with Gasteiger partial charge in [0.25, 0.3) is 5.91 Å². The first kappa shape index (κ1) is 19.4. The maximum atomic E-state index is 12.4. The smallest absolute Gasteiger partial charge is 0.254 e. The lowest BCUT2D eigenvalue weighted by Gasteiger charge is -2.26. The number of hydrogen-bond acceptors (Lipinski definition) is 3. The molecule has 2 aromatic carbocycles. The molecule has 1 saturated heterocycles. The zero-order chi connectivity index (χ0) is 19.2. The van der Waals surface area contributed by atoms with Crippen molar-refractivity contribution in [3.05, 3.63) is 69.7 Å². The highest BCUT2D eigenvalue weighted by atomic mass is 35.5. The minimum absolute atomic E-state index is 0.0338. The monoisotopic (exact) mass is 404 g/mol. The molecule has 0 aliphatic carbocycles. The first-order chi connectivity index (χ1) is 13.0. The fourth-order valence-electron chi connectivity index (χ4n) is 2.63. The number of nitrogens with one attached hydrogen (secondary N) is 1. The van der Waals surface area contributed by atoms with Crippen LogP contribution in [0.25, 0.3) is 6.08 Å². The summed E-state index contributed by atoms with van der Waals surface area (Å²) >= 11 is 11.9. The Morgan fingerprint density at radius 1 is 1.04 bits per heavy atom. The molecule has 1 heterocycles.